The highest BCUT2D eigenvalue weighted by Gasteiger charge is 2.55. The van der Waals surface area contributed by atoms with E-state index in [-0.39, 0.29) is 16.7 Å². The van der Waals surface area contributed by atoms with Gasteiger partial charge in [-0.05, 0) is 13.8 Å². The van der Waals surface area contributed by atoms with Crippen molar-refractivity contribution in [2.24, 2.45) is 0 Å². The highest BCUT2D eigenvalue weighted by molar-refractivity contribution is 8.01. The quantitative estimate of drug-likeness (QED) is 0.713. The first-order valence-electron chi connectivity index (χ1n) is 5.43. The fraction of sp³-hybridized carbons (Fsp3) is 0.700. The number of β-lactam (4-membered cyclic amide) rings is 1. The van der Waals surface area contributed by atoms with Crippen molar-refractivity contribution in [2.45, 2.75) is 43.0 Å². The molecule has 2 aliphatic rings. The van der Waals surface area contributed by atoms with Crippen LogP contribution in [0.1, 0.15) is 20.3 Å². The lowest BCUT2D eigenvalue weighted by atomic mass is 9.98. The van der Waals surface area contributed by atoms with Crippen LogP contribution in [0, 0.1) is 0 Å². The second-order valence-corrected chi connectivity index (χ2v) is 6.38. The maximum atomic E-state index is 11.5. The molecule has 0 saturated carbocycles. The molecule has 86 valence electrons. The molecule has 0 spiro atoms. The third-order valence-corrected chi connectivity index (χ3v) is 5.28. The average molecular weight is 238 g/mol. The lowest BCUT2D eigenvalue weighted by Gasteiger charge is -2.37. The van der Waals surface area contributed by atoms with Crippen LogP contribution in [0.5, 0.6) is 0 Å². The van der Waals surface area contributed by atoms with Gasteiger partial charge in [0.15, 0.2) is 0 Å². The van der Waals surface area contributed by atoms with Crippen molar-refractivity contribution in [3.05, 3.63) is 12.4 Å². The molecule has 16 heavy (non-hydrogen) atoms. The summed E-state index contributed by atoms with van der Waals surface area (Å²) >= 11 is 1.89. The lowest BCUT2D eigenvalue weighted by Crippen LogP contribution is -2.53. The van der Waals surface area contributed by atoms with E-state index in [9.17, 15) is 4.79 Å². The van der Waals surface area contributed by atoms with Crippen molar-refractivity contribution in [3.8, 4) is 0 Å². The Balaban J connectivity index is 1.81. The molecule has 1 amide bonds. The summed E-state index contributed by atoms with van der Waals surface area (Å²) in [5.74, 6) is 0.285. The SMILES string of the molecule is CC1N2C(=O)CC2S[C@]1(C)Cn1ccnn1. The molecule has 2 fully saturated rings. The smallest absolute Gasteiger partial charge is 0.226 e. The molecule has 2 saturated heterocycles. The van der Waals surface area contributed by atoms with E-state index in [0.717, 1.165) is 6.54 Å². The van der Waals surface area contributed by atoms with E-state index in [1.54, 1.807) is 6.20 Å². The highest BCUT2D eigenvalue weighted by atomic mass is 32.2. The number of nitrogens with zero attached hydrogens (tertiary/aromatic N) is 4. The number of amides is 1. The van der Waals surface area contributed by atoms with Crippen molar-refractivity contribution in [1.82, 2.24) is 19.9 Å². The number of hydrogen-bond donors (Lipinski definition) is 0. The molecule has 1 aromatic heterocycles. The number of hydrogen-bond acceptors (Lipinski definition) is 4. The summed E-state index contributed by atoms with van der Waals surface area (Å²) in [6.07, 6.45) is 4.26. The van der Waals surface area contributed by atoms with Crippen LogP contribution in [0.3, 0.4) is 0 Å². The normalized spacial score (nSPS) is 37.4. The number of thioether (sulfide) groups is 1. The van der Waals surface area contributed by atoms with Crippen LogP contribution in [-0.4, -0.2) is 42.0 Å². The molecule has 6 heteroatoms. The Labute approximate surface area is 98.2 Å². The Bertz CT molecular complexity index is 420. The average Bonchev–Trinajstić information content (AvgIpc) is 2.74. The van der Waals surface area contributed by atoms with E-state index in [4.69, 9.17) is 0 Å². The Kier molecular flexibility index (Phi) is 2.04. The van der Waals surface area contributed by atoms with Crippen LogP contribution in [0.15, 0.2) is 12.4 Å². The Hall–Kier alpha value is -1.04. The molecular weight excluding hydrogens is 224 g/mol. The summed E-state index contributed by atoms with van der Waals surface area (Å²) in [4.78, 5) is 13.5. The van der Waals surface area contributed by atoms with Crippen molar-refractivity contribution in [2.75, 3.05) is 0 Å². The minimum absolute atomic E-state index is 0.0462. The Morgan fingerprint density at radius 2 is 2.50 bits per heavy atom. The standard InChI is InChI=1S/C10H14N4OS/c1-7-10(2,6-13-4-3-11-12-13)16-9-5-8(15)14(7)9/h3-4,7,9H,5-6H2,1-2H3/t7?,9?,10-/m1/s1. The summed E-state index contributed by atoms with van der Waals surface area (Å²) in [5.41, 5.74) is 0. The molecule has 3 rings (SSSR count). The van der Waals surface area contributed by atoms with Gasteiger partial charge in [-0.15, -0.1) is 16.9 Å². The molecule has 0 N–H and O–H groups in total. The van der Waals surface area contributed by atoms with Crippen LogP contribution in [0.25, 0.3) is 0 Å². The molecule has 2 unspecified atom stereocenters. The van der Waals surface area contributed by atoms with E-state index in [1.165, 1.54) is 0 Å². The van der Waals surface area contributed by atoms with Crippen molar-refractivity contribution < 1.29 is 4.79 Å². The zero-order chi connectivity index (χ0) is 11.3. The van der Waals surface area contributed by atoms with Crippen LogP contribution < -0.4 is 0 Å². The van der Waals surface area contributed by atoms with Gasteiger partial charge in [-0.25, -0.2) is 0 Å². The van der Waals surface area contributed by atoms with Gasteiger partial charge in [0.1, 0.15) is 0 Å². The Morgan fingerprint density at radius 3 is 3.06 bits per heavy atom. The summed E-state index contributed by atoms with van der Waals surface area (Å²) in [6.45, 7) is 5.13. The predicted molar refractivity (Wildman–Crippen MR) is 60.7 cm³/mol. The van der Waals surface area contributed by atoms with E-state index in [1.807, 2.05) is 27.5 Å². The van der Waals surface area contributed by atoms with Gasteiger partial charge in [0, 0.05) is 12.2 Å². The van der Waals surface area contributed by atoms with Gasteiger partial charge in [-0.2, -0.15) is 0 Å². The first-order chi connectivity index (χ1) is 7.60. The third-order valence-electron chi connectivity index (χ3n) is 3.60. The molecule has 1 aromatic rings. The van der Waals surface area contributed by atoms with Gasteiger partial charge in [-0.3, -0.25) is 9.48 Å². The number of aromatic nitrogens is 3. The molecular formula is C10H14N4OS. The van der Waals surface area contributed by atoms with Crippen LogP contribution >= 0.6 is 11.8 Å². The van der Waals surface area contributed by atoms with E-state index in [0.29, 0.717) is 11.8 Å². The second-order valence-electron chi connectivity index (χ2n) is 4.67. The minimum atomic E-state index is 0.0462. The topological polar surface area (TPSA) is 51.0 Å². The van der Waals surface area contributed by atoms with E-state index >= 15 is 0 Å². The van der Waals surface area contributed by atoms with Gasteiger partial charge in [-0.1, -0.05) is 5.21 Å². The lowest BCUT2D eigenvalue weighted by molar-refractivity contribution is -0.143. The molecule has 0 radical (unpaired) electrons. The van der Waals surface area contributed by atoms with Gasteiger partial charge in [0.25, 0.3) is 0 Å². The Morgan fingerprint density at radius 1 is 1.69 bits per heavy atom. The van der Waals surface area contributed by atoms with E-state index < -0.39 is 0 Å². The molecule has 0 bridgehead atoms. The maximum absolute atomic E-state index is 11.5. The third kappa shape index (κ3) is 1.29. The van der Waals surface area contributed by atoms with Crippen LogP contribution in [-0.2, 0) is 11.3 Å². The molecule has 0 aromatic carbocycles. The van der Waals surface area contributed by atoms with E-state index in [2.05, 4.69) is 24.2 Å². The predicted octanol–water partition coefficient (Wildman–Crippen LogP) is 0.730. The molecule has 3 heterocycles. The molecule has 2 aliphatic heterocycles. The zero-order valence-electron chi connectivity index (χ0n) is 9.33. The van der Waals surface area contributed by atoms with Crippen molar-refractivity contribution >= 4 is 17.7 Å². The number of carbonyl (C=O) groups is 1. The maximum Gasteiger partial charge on any atom is 0.226 e. The summed E-state index contributed by atoms with van der Waals surface area (Å²) in [7, 11) is 0. The minimum Gasteiger partial charge on any atom is -0.326 e. The summed E-state index contributed by atoms with van der Waals surface area (Å²) < 4.78 is 1.89. The van der Waals surface area contributed by atoms with Crippen LogP contribution in [0.4, 0.5) is 0 Å². The van der Waals surface area contributed by atoms with Gasteiger partial charge in [0.2, 0.25) is 5.91 Å². The van der Waals surface area contributed by atoms with Gasteiger partial charge in [0.05, 0.1) is 29.3 Å². The summed E-state index contributed by atoms with van der Waals surface area (Å²) in [5, 5.41) is 8.20. The van der Waals surface area contributed by atoms with Crippen LogP contribution in [0.2, 0.25) is 0 Å². The molecule has 5 nitrogen and oxygen atoms in total. The summed E-state index contributed by atoms with van der Waals surface area (Å²) in [6, 6.07) is 0.271. The van der Waals surface area contributed by atoms with Crippen molar-refractivity contribution in [1.29, 1.82) is 0 Å². The second kappa shape index (κ2) is 3.23. The molecule has 0 aliphatic carbocycles. The largest absolute Gasteiger partial charge is 0.326 e. The van der Waals surface area contributed by atoms with Gasteiger partial charge < -0.3 is 4.90 Å². The first-order valence-corrected chi connectivity index (χ1v) is 6.31. The first kappa shape index (κ1) is 10.1. The highest BCUT2D eigenvalue weighted by Crippen LogP contribution is 2.51. The van der Waals surface area contributed by atoms with Gasteiger partial charge >= 0.3 is 0 Å². The fourth-order valence-corrected chi connectivity index (χ4v) is 4.26. The van der Waals surface area contributed by atoms with Crippen molar-refractivity contribution in [3.63, 3.8) is 0 Å². The number of fused-ring (bicyclic) bond motifs is 1. The molecule has 3 atom stereocenters. The monoisotopic (exact) mass is 238 g/mol. The zero-order valence-corrected chi connectivity index (χ0v) is 10.1. The number of rotatable bonds is 2. The number of carbonyl (C=O) groups excluding carboxylic acids is 1. The fourth-order valence-electron chi connectivity index (χ4n) is 2.48.